The fraction of sp³-hybridized carbons (Fsp3) is 0.417. The van der Waals surface area contributed by atoms with E-state index >= 15 is 0 Å². The monoisotopic (exact) mass is 1490 g/mol. The number of aryl methyl sites for hydroxylation is 4. The van der Waals surface area contributed by atoms with Crippen LogP contribution in [0, 0.1) is 0 Å². The number of benzene rings is 3. The number of morpholine rings is 1. The molecule has 7 heterocycles. The van der Waals surface area contributed by atoms with Crippen LogP contribution in [0.25, 0.3) is 34.2 Å². The van der Waals surface area contributed by atoms with Gasteiger partial charge in [-0.05, 0) is 129 Å². The van der Waals surface area contributed by atoms with Gasteiger partial charge in [0.1, 0.15) is 17.5 Å². The van der Waals surface area contributed by atoms with Crippen LogP contribution in [0.4, 0.5) is 34.5 Å². The molecule has 0 saturated carbocycles. The van der Waals surface area contributed by atoms with Gasteiger partial charge in [-0.1, -0.05) is 20.8 Å². The Balaban J connectivity index is 0.000000234. The molecule has 6 amide bonds. The molecule has 36 heteroatoms. The number of ether oxygens (including phenoxy) is 2. The average Bonchev–Trinajstić information content (AvgIpc) is 1.66. The van der Waals surface area contributed by atoms with Gasteiger partial charge in [0, 0.05) is 231 Å². The zero-order valence-electron chi connectivity index (χ0n) is 65.8. The third-order valence-corrected chi connectivity index (χ3v) is 15.9. The molecule has 1 aliphatic rings. The summed E-state index contributed by atoms with van der Waals surface area (Å²) in [5, 5.41) is 61.1. The highest BCUT2D eigenvalue weighted by Gasteiger charge is 2.23. The molecular formula is C72H103N27O9. The van der Waals surface area contributed by atoms with E-state index in [4.69, 9.17) is 14.6 Å². The summed E-state index contributed by atoms with van der Waals surface area (Å²) in [6.45, 7) is 8.74. The number of aliphatic hydroxyl groups excluding tert-OH is 1. The number of tetrazole rings is 3. The molecule has 10 rings (SSSR count). The van der Waals surface area contributed by atoms with E-state index in [9.17, 15) is 28.8 Å². The predicted molar refractivity (Wildman–Crippen MR) is 416 cm³/mol. The van der Waals surface area contributed by atoms with E-state index in [1.807, 2.05) is 56.4 Å². The highest BCUT2D eigenvalue weighted by molar-refractivity contribution is 5.99. The number of nitrogens with zero attached hydrogens (tertiary/aromatic N) is 21. The number of aliphatic hydroxyl groups is 1. The number of amides is 6. The van der Waals surface area contributed by atoms with E-state index < -0.39 is 0 Å². The van der Waals surface area contributed by atoms with Crippen molar-refractivity contribution in [3.8, 4) is 40.0 Å². The van der Waals surface area contributed by atoms with Gasteiger partial charge in [-0.2, -0.15) is 4.98 Å². The van der Waals surface area contributed by atoms with Crippen molar-refractivity contribution in [3.63, 3.8) is 0 Å². The summed E-state index contributed by atoms with van der Waals surface area (Å²) < 4.78 is 15.0. The van der Waals surface area contributed by atoms with E-state index in [0.29, 0.717) is 94.8 Å². The first kappa shape index (κ1) is 86.3. The molecule has 1 aliphatic heterocycles. The SMILES string of the molecule is CCc1cc(C(=O)N(C)C)cc(NC)n1.CNc1cc(C(=O)N(C)C)cc(-c2nnnn2C)c1.CNc1cc(C(=O)N(C)C)cc(C(C)C)n1.CNc1cc(C(=O)N(C)C)cc(OC)n1.CNc1cc(C(=O)N(C)CCO)cc(-c2nnnn2C)c1.CNc1cc(C(=O)N2CCOCC2)cc(-c2nnnn2C)c1. The summed E-state index contributed by atoms with van der Waals surface area (Å²) >= 11 is 0. The third kappa shape index (κ3) is 24.6. The second-order valence-electron chi connectivity index (χ2n) is 25.1. The summed E-state index contributed by atoms with van der Waals surface area (Å²) in [6, 6.07) is 27.0. The van der Waals surface area contributed by atoms with Crippen molar-refractivity contribution in [2.75, 3.05) is 184 Å². The number of pyridine rings is 3. The topological polar surface area (TPSA) is 402 Å². The van der Waals surface area contributed by atoms with Crippen molar-refractivity contribution in [3.05, 3.63) is 136 Å². The Bertz CT molecular complexity index is 4330. The standard InChI is InChI=1S/C14H18N6O2.C13H18N6O2.C12H16N6O.C12H19N3O.C11H17N3O.C10H15N3O2/c1-15-12-8-10(13-16-17-18-19(13)2)7-11(9-12)14(21)20-3-5-22-6-4-20;1-14-11-7-9(12-15-16-17-19(12)3)6-10(8-11)13(21)18(2)4-5-20;1-13-10-6-8(11-14-15-16-18(11)4)5-9(7-10)12(19)17(2)3;1-8(2)10-6-9(12(16)15(4)5)7-11(13-3)14-10;1-5-9-6-8(11(15)14(3)4)7-10(12-2)13-9;1-11-8-5-7(10(14)13(2)3)6-9(12-8)15-4/h7-9,15H,3-6H2,1-2H3;6-8,14,20H,4-5H2,1-3H3;5-7,13H,1-4H3;6-8H,1-5H3,(H,13,14);6-7H,5H2,1-4H3,(H,12,13);5-6H,1-4H3,(H,11,12). The molecule has 0 radical (unpaired) electrons. The maximum Gasteiger partial charge on any atom is 0.254 e. The Morgan fingerprint density at radius 2 is 0.833 bits per heavy atom. The molecule has 7 N–H and O–H groups in total. The molecule has 6 aromatic heterocycles. The number of anilines is 6. The van der Waals surface area contributed by atoms with E-state index in [2.05, 4.69) is 107 Å². The van der Waals surface area contributed by atoms with Gasteiger partial charge in [-0.3, -0.25) is 28.8 Å². The van der Waals surface area contributed by atoms with Crippen molar-refractivity contribution in [2.24, 2.45) is 21.1 Å². The molecule has 1 saturated heterocycles. The van der Waals surface area contributed by atoms with Crippen LogP contribution in [0.2, 0.25) is 0 Å². The van der Waals surface area contributed by atoms with Gasteiger partial charge in [0.05, 0.1) is 26.9 Å². The lowest BCUT2D eigenvalue weighted by Gasteiger charge is -2.27. The second kappa shape index (κ2) is 42.0. The van der Waals surface area contributed by atoms with E-state index in [-0.39, 0.29) is 48.6 Å². The van der Waals surface area contributed by atoms with Crippen LogP contribution in [0.3, 0.4) is 0 Å². The number of hydrogen-bond acceptors (Lipinski definition) is 27. The Morgan fingerprint density at radius 3 is 1.19 bits per heavy atom. The van der Waals surface area contributed by atoms with Crippen LogP contribution in [-0.2, 0) is 32.3 Å². The first-order chi connectivity index (χ1) is 51.4. The van der Waals surface area contributed by atoms with Gasteiger partial charge in [-0.15, -0.1) is 15.3 Å². The minimum Gasteiger partial charge on any atom is -0.481 e. The molecule has 9 aromatic rings. The van der Waals surface area contributed by atoms with E-state index in [1.165, 1.54) is 21.8 Å². The molecule has 36 nitrogen and oxygen atoms in total. The first-order valence-corrected chi connectivity index (χ1v) is 34.3. The average molecular weight is 1490 g/mol. The van der Waals surface area contributed by atoms with Crippen LogP contribution >= 0.6 is 0 Å². The molecule has 0 atom stereocenters. The fourth-order valence-electron chi connectivity index (χ4n) is 9.93. The Kier molecular flexibility index (Phi) is 33.5. The lowest BCUT2D eigenvalue weighted by Crippen LogP contribution is -2.40. The van der Waals surface area contributed by atoms with Crippen molar-refractivity contribution < 1.29 is 43.3 Å². The molecule has 0 spiro atoms. The van der Waals surface area contributed by atoms with Crippen molar-refractivity contribution in [1.82, 2.24) is 105 Å². The Hall–Kier alpha value is -12.3. The number of hydrogen-bond donors (Lipinski definition) is 7. The van der Waals surface area contributed by atoms with Gasteiger partial charge in [0.15, 0.2) is 17.5 Å². The molecular weight excluding hydrogens is 1390 g/mol. The fourth-order valence-corrected chi connectivity index (χ4v) is 9.93. The summed E-state index contributed by atoms with van der Waals surface area (Å²) in [5.74, 6) is 4.31. The number of carbonyl (C=O) groups excluding carboxylic acids is 6. The molecule has 0 aliphatic carbocycles. The molecule has 0 bridgehead atoms. The van der Waals surface area contributed by atoms with Gasteiger partial charge in [-0.25, -0.2) is 24.0 Å². The Morgan fingerprint density at radius 1 is 0.472 bits per heavy atom. The zero-order valence-corrected chi connectivity index (χ0v) is 65.8. The molecule has 1 fully saturated rings. The number of aromatic nitrogens is 15. The highest BCUT2D eigenvalue weighted by Crippen LogP contribution is 2.27. The quantitative estimate of drug-likeness (QED) is 0.0518. The number of rotatable bonds is 20. The summed E-state index contributed by atoms with van der Waals surface area (Å²) in [6.07, 6.45) is 0.823. The summed E-state index contributed by atoms with van der Waals surface area (Å²) in [7, 11) is 33.0. The summed E-state index contributed by atoms with van der Waals surface area (Å²) in [5.41, 5.74) is 10.3. The number of nitrogens with one attached hydrogen (secondary N) is 6. The normalized spacial score (nSPS) is 11.1. The predicted octanol–water partition coefficient (Wildman–Crippen LogP) is 5.16. The maximum absolute atomic E-state index is 12.7. The number of methoxy groups -OCH3 is 1. The van der Waals surface area contributed by atoms with Crippen LogP contribution in [0.15, 0.2) is 91.0 Å². The summed E-state index contributed by atoms with van der Waals surface area (Å²) in [4.78, 5) is 94.7. The minimum atomic E-state index is -0.169. The lowest BCUT2D eigenvalue weighted by molar-refractivity contribution is 0.0303. The highest BCUT2D eigenvalue weighted by atomic mass is 16.5. The molecule has 0 unspecified atom stereocenters. The van der Waals surface area contributed by atoms with Crippen LogP contribution in [0.1, 0.15) is 100 Å². The molecule has 108 heavy (non-hydrogen) atoms. The van der Waals surface area contributed by atoms with E-state index in [0.717, 1.165) is 63.2 Å². The van der Waals surface area contributed by atoms with Crippen LogP contribution in [0.5, 0.6) is 5.88 Å². The van der Waals surface area contributed by atoms with Gasteiger partial charge >= 0.3 is 0 Å². The molecule has 3 aromatic carbocycles. The smallest absolute Gasteiger partial charge is 0.254 e. The number of likely N-dealkylation sites (N-methyl/N-ethyl adjacent to an activating group) is 1. The van der Waals surface area contributed by atoms with Crippen molar-refractivity contribution in [1.29, 1.82) is 0 Å². The van der Waals surface area contributed by atoms with Crippen LogP contribution < -0.4 is 36.6 Å². The van der Waals surface area contributed by atoms with Crippen LogP contribution in [-0.4, -0.2) is 298 Å². The maximum atomic E-state index is 12.7. The van der Waals surface area contributed by atoms with Gasteiger partial charge in [0.2, 0.25) is 5.88 Å². The van der Waals surface area contributed by atoms with E-state index in [1.54, 1.807) is 197 Å². The number of carbonyl (C=O) groups is 6. The van der Waals surface area contributed by atoms with Crippen molar-refractivity contribution in [2.45, 2.75) is 33.1 Å². The minimum absolute atomic E-state index is 0.000741. The van der Waals surface area contributed by atoms with Gasteiger partial charge < -0.3 is 75.9 Å². The van der Waals surface area contributed by atoms with Gasteiger partial charge in [0.25, 0.3) is 35.4 Å². The molecule has 580 valence electrons. The lowest BCUT2D eigenvalue weighted by atomic mass is 10.1. The zero-order chi connectivity index (χ0) is 80.1. The largest absolute Gasteiger partial charge is 0.481 e. The third-order valence-electron chi connectivity index (χ3n) is 15.9. The van der Waals surface area contributed by atoms with Crippen molar-refractivity contribution >= 4 is 70.0 Å². The Labute approximate surface area is 630 Å². The second-order valence-corrected chi connectivity index (χ2v) is 25.1. The first-order valence-electron chi connectivity index (χ1n) is 34.3.